The lowest BCUT2D eigenvalue weighted by atomic mass is 9.71. The third-order valence-corrected chi connectivity index (χ3v) is 6.73. The first-order chi connectivity index (χ1) is 14.5. The smallest absolute Gasteiger partial charge is 0.228 e. The molecule has 2 aliphatic rings. The Morgan fingerprint density at radius 3 is 2.70 bits per heavy atom. The van der Waals surface area contributed by atoms with Crippen LogP contribution < -0.4 is 4.90 Å². The van der Waals surface area contributed by atoms with Crippen molar-refractivity contribution in [1.29, 1.82) is 0 Å². The molecule has 3 aromatic rings. The summed E-state index contributed by atoms with van der Waals surface area (Å²) in [5.74, 6) is 0.866. The van der Waals surface area contributed by atoms with Gasteiger partial charge >= 0.3 is 0 Å². The number of β-amino-alcohol motifs (C(OH)–C–C–N with tert-alkyl or cyclic N) is 1. The van der Waals surface area contributed by atoms with Gasteiger partial charge in [0.2, 0.25) is 11.9 Å². The molecular formula is C23H27N5O2. The number of piperidine rings is 2. The molecule has 1 unspecified atom stereocenters. The molecule has 30 heavy (non-hydrogen) atoms. The minimum absolute atomic E-state index is 0.165. The molecule has 7 nitrogen and oxygen atoms in total. The monoisotopic (exact) mass is 405 g/mol. The Morgan fingerprint density at radius 1 is 1.13 bits per heavy atom. The highest BCUT2D eigenvalue weighted by Crippen LogP contribution is 2.41. The molecule has 156 valence electrons. The molecule has 1 spiro atoms. The summed E-state index contributed by atoms with van der Waals surface area (Å²) in [6.07, 6.45) is 5.48. The van der Waals surface area contributed by atoms with E-state index in [1.165, 1.54) is 10.9 Å². The molecule has 5 rings (SSSR count). The van der Waals surface area contributed by atoms with Crippen LogP contribution in [0, 0.1) is 5.41 Å². The van der Waals surface area contributed by atoms with Gasteiger partial charge in [0.15, 0.2) is 0 Å². The summed E-state index contributed by atoms with van der Waals surface area (Å²) in [5, 5.41) is 11.4. The van der Waals surface area contributed by atoms with Gasteiger partial charge in [-0.2, -0.15) is 0 Å². The van der Waals surface area contributed by atoms with Crippen LogP contribution >= 0.6 is 0 Å². The number of hydrogen-bond donors (Lipinski definition) is 1. The summed E-state index contributed by atoms with van der Waals surface area (Å²) in [5.41, 5.74) is 2.72. The molecule has 1 atom stereocenters. The number of aliphatic hydroxyl groups excluding tert-OH is 1. The van der Waals surface area contributed by atoms with Crippen LogP contribution in [0.15, 0.2) is 42.7 Å². The second-order valence-electron chi connectivity index (χ2n) is 8.72. The van der Waals surface area contributed by atoms with Crippen molar-refractivity contribution in [2.75, 3.05) is 31.6 Å². The Morgan fingerprint density at radius 2 is 1.90 bits per heavy atom. The van der Waals surface area contributed by atoms with E-state index in [9.17, 15) is 9.90 Å². The SMILES string of the molecule is CN1CC(O)CC2(CCN(c3nccc(-c4cn(C)c5ccccc45)n3)CC2)C1=O. The first kappa shape index (κ1) is 19.1. The fourth-order valence-corrected chi connectivity index (χ4v) is 5.16. The summed E-state index contributed by atoms with van der Waals surface area (Å²) in [4.78, 5) is 26.1. The zero-order valence-corrected chi connectivity index (χ0v) is 17.5. The molecule has 4 heterocycles. The lowest BCUT2D eigenvalue weighted by molar-refractivity contribution is -0.152. The molecule has 1 N–H and O–H groups in total. The second-order valence-corrected chi connectivity index (χ2v) is 8.72. The Kier molecular flexibility index (Phi) is 4.50. The van der Waals surface area contributed by atoms with Crippen molar-refractivity contribution in [2.24, 2.45) is 12.5 Å². The van der Waals surface area contributed by atoms with Gasteiger partial charge in [-0.1, -0.05) is 18.2 Å². The quantitative estimate of drug-likeness (QED) is 0.709. The van der Waals surface area contributed by atoms with Gasteiger partial charge in [0.25, 0.3) is 0 Å². The maximum Gasteiger partial charge on any atom is 0.228 e. The lowest BCUT2D eigenvalue weighted by Crippen LogP contribution is -2.56. The van der Waals surface area contributed by atoms with E-state index >= 15 is 0 Å². The van der Waals surface area contributed by atoms with Crippen molar-refractivity contribution < 1.29 is 9.90 Å². The number of hydrogen-bond acceptors (Lipinski definition) is 5. The number of anilines is 1. The second kappa shape index (κ2) is 7.09. The Hall–Kier alpha value is -2.93. The van der Waals surface area contributed by atoms with Gasteiger partial charge in [-0.25, -0.2) is 9.97 Å². The molecule has 2 aliphatic heterocycles. The number of nitrogens with zero attached hydrogens (tertiary/aromatic N) is 5. The normalized spacial score (nSPS) is 21.6. The number of aryl methyl sites for hydroxylation is 1. The number of carbonyl (C=O) groups excluding carboxylic acids is 1. The molecule has 2 aromatic heterocycles. The van der Waals surface area contributed by atoms with Crippen molar-refractivity contribution in [1.82, 2.24) is 19.4 Å². The van der Waals surface area contributed by atoms with E-state index in [1.807, 2.05) is 31.4 Å². The van der Waals surface area contributed by atoms with Gasteiger partial charge in [0, 0.05) is 62.6 Å². The zero-order valence-electron chi connectivity index (χ0n) is 17.5. The highest BCUT2D eigenvalue weighted by atomic mass is 16.3. The summed E-state index contributed by atoms with van der Waals surface area (Å²) >= 11 is 0. The van der Waals surface area contributed by atoms with Crippen LogP contribution in [0.3, 0.4) is 0 Å². The predicted molar refractivity (Wildman–Crippen MR) is 116 cm³/mol. The van der Waals surface area contributed by atoms with E-state index in [0.29, 0.717) is 32.0 Å². The molecule has 7 heteroatoms. The van der Waals surface area contributed by atoms with Crippen LogP contribution in [0.4, 0.5) is 5.95 Å². The average Bonchev–Trinajstić information content (AvgIpc) is 3.10. The molecule has 0 aliphatic carbocycles. The van der Waals surface area contributed by atoms with Crippen molar-refractivity contribution in [2.45, 2.75) is 25.4 Å². The third-order valence-electron chi connectivity index (χ3n) is 6.73. The van der Waals surface area contributed by atoms with E-state index < -0.39 is 11.5 Å². The molecule has 1 amide bonds. The molecule has 2 fully saturated rings. The highest BCUT2D eigenvalue weighted by molar-refractivity contribution is 5.95. The van der Waals surface area contributed by atoms with Crippen molar-refractivity contribution in [3.8, 4) is 11.3 Å². The zero-order chi connectivity index (χ0) is 20.9. The molecular weight excluding hydrogens is 378 g/mol. The fraction of sp³-hybridized carbons (Fsp3) is 0.435. The molecule has 0 saturated carbocycles. The predicted octanol–water partition coefficient (Wildman–Crippen LogP) is 2.44. The van der Waals surface area contributed by atoms with Crippen LogP contribution in [-0.2, 0) is 11.8 Å². The largest absolute Gasteiger partial charge is 0.391 e. The number of likely N-dealkylation sites (N-methyl/N-ethyl adjacent to an activating group) is 1. The Balaban J connectivity index is 1.40. The molecule has 2 saturated heterocycles. The van der Waals surface area contributed by atoms with E-state index in [-0.39, 0.29) is 5.91 Å². The van der Waals surface area contributed by atoms with Gasteiger partial charge < -0.3 is 19.5 Å². The maximum absolute atomic E-state index is 12.8. The highest BCUT2D eigenvalue weighted by Gasteiger charge is 2.47. The first-order valence-corrected chi connectivity index (χ1v) is 10.5. The van der Waals surface area contributed by atoms with Crippen LogP contribution in [0.2, 0.25) is 0 Å². The van der Waals surface area contributed by atoms with Crippen LogP contribution in [0.1, 0.15) is 19.3 Å². The van der Waals surface area contributed by atoms with E-state index in [4.69, 9.17) is 4.98 Å². The number of benzene rings is 1. The van der Waals surface area contributed by atoms with Crippen LogP contribution in [0.25, 0.3) is 22.2 Å². The van der Waals surface area contributed by atoms with Crippen molar-refractivity contribution in [3.05, 3.63) is 42.7 Å². The summed E-state index contributed by atoms with van der Waals surface area (Å²) in [7, 11) is 3.83. The van der Waals surface area contributed by atoms with E-state index in [2.05, 4.69) is 32.8 Å². The van der Waals surface area contributed by atoms with Gasteiger partial charge in [0.05, 0.1) is 17.2 Å². The number of aliphatic hydroxyl groups is 1. The molecule has 0 radical (unpaired) electrons. The number of rotatable bonds is 2. The number of likely N-dealkylation sites (tertiary alicyclic amines) is 1. The number of carbonyl (C=O) groups is 1. The van der Waals surface area contributed by atoms with E-state index in [1.54, 1.807) is 11.9 Å². The van der Waals surface area contributed by atoms with Crippen LogP contribution in [-0.4, -0.2) is 63.2 Å². The van der Waals surface area contributed by atoms with Gasteiger partial charge in [0.1, 0.15) is 0 Å². The topological polar surface area (TPSA) is 74.5 Å². The van der Waals surface area contributed by atoms with Gasteiger partial charge in [-0.15, -0.1) is 0 Å². The fourth-order valence-electron chi connectivity index (χ4n) is 5.16. The minimum Gasteiger partial charge on any atom is -0.391 e. The summed E-state index contributed by atoms with van der Waals surface area (Å²) in [6.45, 7) is 1.86. The molecule has 1 aromatic carbocycles. The van der Waals surface area contributed by atoms with E-state index in [0.717, 1.165) is 24.1 Å². The standard InChI is InChI=1S/C23H27N5O2/c1-26-15-18(17-5-3-4-6-20(17)26)19-7-10-24-22(25-19)28-11-8-23(9-12-28)13-16(29)14-27(2)21(23)30/h3-7,10,15-16,29H,8-9,11-14H2,1-2H3. The average molecular weight is 406 g/mol. The van der Waals surface area contributed by atoms with Crippen molar-refractivity contribution in [3.63, 3.8) is 0 Å². The summed E-state index contributed by atoms with van der Waals surface area (Å²) < 4.78 is 2.12. The number of amides is 1. The first-order valence-electron chi connectivity index (χ1n) is 10.5. The van der Waals surface area contributed by atoms with Gasteiger partial charge in [-0.3, -0.25) is 4.79 Å². The number of aromatic nitrogens is 3. The number of para-hydroxylation sites is 1. The third kappa shape index (κ3) is 3.04. The number of fused-ring (bicyclic) bond motifs is 1. The summed E-state index contributed by atoms with van der Waals surface area (Å²) in [6, 6.07) is 10.3. The minimum atomic E-state index is -0.448. The maximum atomic E-state index is 12.8. The Labute approximate surface area is 176 Å². The van der Waals surface area contributed by atoms with Crippen molar-refractivity contribution >= 4 is 22.8 Å². The lowest BCUT2D eigenvalue weighted by Gasteiger charge is -2.46. The van der Waals surface area contributed by atoms with Crippen LogP contribution in [0.5, 0.6) is 0 Å². The molecule has 0 bridgehead atoms. The Bertz CT molecular complexity index is 1100. The van der Waals surface area contributed by atoms with Gasteiger partial charge in [-0.05, 0) is 31.4 Å².